The van der Waals surface area contributed by atoms with Crippen LogP contribution in [0.2, 0.25) is 0 Å². The number of anilines is 1. The van der Waals surface area contributed by atoms with Crippen LogP contribution >= 0.6 is 15.9 Å². The number of hydrogen-bond donors (Lipinski definition) is 1. The molecule has 0 radical (unpaired) electrons. The molecule has 7 heteroatoms. The van der Waals surface area contributed by atoms with Gasteiger partial charge in [-0.15, -0.1) is 0 Å². The van der Waals surface area contributed by atoms with Crippen molar-refractivity contribution in [1.29, 1.82) is 0 Å². The van der Waals surface area contributed by atoms with E-state index in [1.54, 1.807) is 19.0 Å². The van der Waals surface area contributed by atoms with Gasteiger partial charge >= 0.3 is 0 Å². The first-order valence-corrected chi connectivity index (χ1v) is 6.19. The number of amides is 1. The summed E-state index contributed by atoms with van der Waals surface area (Å²) in [6.45, 7) is 0.616. The number of nitro groups is 1. The van der Waals surface area contributed by atoms with Gasteiger partial charge in [0.05, 0.1) is 15.0 Å². The first-order chi connectivity index (χ1) is 8.47. The molecule has 0 saturated heterocycles. The number of nitro benzene ring substituents is 1. The molecule has 2 rings (SSSR count). The molecule has 0 unspecified atom stereocenters. The van der Waals surface area contributed by atoms with Gasteiger partial charge in [-0.25, -0.2) is 0 Å². The summed E-state index contributed by atoms with van der Waals surface area (Å²) in [4.78, 5) is 24.1. The zero-order chi connectivity index (χ0) is 13.4. The molecule has 0 atom stereocenters. The predicted molar refractivity (Wildman–Crippen MR) is 71.0 cm³/mol. The number of benzene rings is 1. The molecule has 0 fully saturated rings. The van der Waals surface area contributed by atoms with Crippen molar-refractivity contribution in [3.8, 4) is 0 Å². The number of likely N-dealkylation sites (N-methyl/N-ethyl adjacent to an activating group) is 1. The maximum atomic E-state index is 12.0. The molecule has 1 N–H and O–H groups in total. The quantitative estimate of drug-likeness (QED) is 0.669. The summed E-state index contributed by atoms with van der Waals surface area (Å²) in [6.07, 6.45) is 0.685. The monoisotopic (exact) mass is 313 g/mol. The standard InChI is InChI=1S/C11H12BrN3O3/c1-13-10-8(15(17)18)5-7-6(9(10)12)3-4-14(2)11(7)16/h5,13H,3-4H2,1-2H3. The van der Waals surface area contributed by atoms with E-state index in [0.29, 0.717) is 28.7 Å². The lowest BCUT2D eigenvalue weighted by atomic mass is 9.97. The molecular formula is C11H12BrN3O3. The van der Waals surface area contributed by atoms with Crippen molar-refractivity contribution in [2.24, 2.45) is 0 Å². The third-order valence-electron chi connectivity index (χ3n) is 3.07. The van der Waals surface area contributed by atoms with Crippen molar-refractivity contribution in [3.63, 3.8) is 0 Å². The zero-order valence-electron chi connectivity index (χ0n) is 9.99. The summed E-state index contributed by atoms with van der Waals surface area (Å²) in [6, 6.07) is 1.35. The number of halogens is 1. The molecular weight excluding hydrogens is 302 g/mol. The van der Waals surface area contributed by atoms with Gasteiger partial charge in [0.2, 0.25) is 0 Å². The van der Waals surface area contributed by atoms with Gasteiger partial charge in [0, 0.05) is 26.7 Å². The number of carbonyl (C=O) groups excluding carboxylic acids is 1. The average Bonchev–Trinajstić information content (AvgIpc) is 2.33. The lowest BCUT2D eigenvalue weighted by Gasteiger charge is -2.26. The van der Waals surface area contributed by atoms with E-state index in [4.69, 9.17) is 0 Å². The molecule has 0 saturated carbocycles. The van der Waals surface area contributed by atoms with E-state index in [1.165, 1.54) is 6.07 Å². The van der Waals surface area contributed by atoms with E-state index >= 15 is 0 Å². The minimum Gasteiger partial charge on any atom is -0.382 e. The number of fused-ring (bicyclic) bond motifs is 1. The van der Waals surface area contributed by atoms with E-state index in [-0.39, 0.29) is 11.6 Å². The molecule has 0 bridgehead atoms. The second-order valence-corrected chi connectivity index (χ2v) is 4.89. The maximum absolute atomic E-state index is 12.0. The lowest BCUT2D eigenvalue weighted by molar-refractivity contribution is -0.384. The fraction of sp³-hybridized carbons (Fsp3) is 0.364. The van der Waals surface area contributed by atoms with Gasteiger partial charge in [0.25, 0.3) is 11.6 Å². The number of nitrogens with zero attached hydrogens (tertiary/aromatic N) is 2. The Morgan fingerprint density at radius 2 is 2.22 bits per heavy atom. The topological polar surface area (TPSA) is 75.5 Å². The molecule has 1 heterocycles. The molecule has 6 nitrogen and oxygen atoms in total. The summed E-state index contributed by atoms with van der Waals surface area (Å²) in [7, 11) is 3.31. The van der Waals surface area contributed by atoms with Crippen molar-refractivity contribution in [3.05, 3.63) is 31.8 Å². The zero-order valence-corrected chi connectivity index (χ0v) is 11.6. The van der Waals surface area contributed by atoms with Crippen molar-refractivity contribution in [1.82, 2.24) is 4.90 Å². The Kier molecular flexibility index (Phi) is 3.25. The minimum atomic E-state index is -0.487. The van der Waals surface area contributed by atoms with Crippen LogP contribution in [0.1, 0.15) is 15.9 Å². The molecule has 96 valence electrons. The highest BCUT2D eigenvalue weighted by Gasteiger charge is 2.29. The fourth-order valence-electron chi connectivity index (χ4n) is 2.08. The lowest BCUT2D eigenvalue weighted by Crippen LogP contribution is -2.34. The highest BCUT2D eigenvalue weighted by molar-refractivity contribution is 9.10. The van der Waals surface area contributed by atoms with Gasteiger partial charge in [-0.2, -0.15) is 0 Å². The van der Waals surface area contributed by atoms with E-state index < -0.39 is 4.92 Å². The average molecular weight is 314 g/mol. The third-order valence-corrected chi connectivity index (χ3v) is 3.94. The Labute approximate surface area is 112 Å². The molecule has 0 aromatic heterocycles. The Bertz CT molecular complexity index is 545. The highest BCUT2D eigenvalue weighted by Crippen LogP contribution is 2.39. The normalized spacial score (nSPS) is 14.4. The molecule has 0 spiro atoms. The van der Waals surface area contributed by atoms with E-state index in [2.05, 4.69) is 21.2 Å². The summed E-state index contributed by atoms with van der Waals surface area (Å²) in [5, 5.41) is 13.8. The molecule has 1 aliphatic heterocycles. The van der Waals surface area contributed by atoms with Crippen molar-refractivity contribution < 1.29 is 9.72 Å². The van der Waals surface area contributed by atoms with Crippen molar-refractivity contribution in [2.45, 2.75) is 6.42 Å². The van der Waals surface area contributed by atoms with E-state index in [9.17, 15) is 14.9 Å². The first kappa shape index (κ1) is 12.8. The van der Waals surface area contributed by atoms with Gasteiger partial charge in [0.1, 0.15) is 5.69 Å². The Balaban J connectivity index is 2.71. The van der Waals surface area contributed by atoms with Crippen LogP contribution in [0.3, 0.4) is 0 Å². The Hall–Kier alpha value is -1.63. The molecule has 1 amide bonds. The van der Waals surface area contributed by atoms with Gasteiger partial charge in [-0.1, -0.05) is 0 Å². The van der Waals surface area contributed by atoms with Crippen molar-refractivity contribution >= 4 is 33.2 Å². The molecule has 1 aromatic carbocycles. The van der Waals surface area contributed by atoms with Crippen LogP contribution in [-0.4, -0.2) is 36.4 Å². The summed E-state index contributed by atoms with van der Waals surface area (Å²) >= 11 is 3.36. The van der Waals surface area contributed by atoms with Crippen molar-refractivity contribution in [2.75, 3.05) is 26.0 Å². The molecule has 1 aromatic rings. The largest absolute Gasteiger partial charge is 0.382 e. The second-order valence-electron chi connectivity index (χ2n) is 4.09. The first-order valence-electron chi connectivity index (χ1n) is 5.40. The number of carbonyl (C=O) groups is 1. The highest BCUT2D eigenvalue weighted by atomic mass is 79.9. The van der Waals surface area contributed by atoms with Crippen LogP contribution in [0.15, 0.2) is 10.5 Å². The molecule has 0 aliphatic carbocycles. The summed E-state index contributed by atoms with van der Waals surface area (Å²) < 4.78 is 0.607. The Morgan fingerprint density at radius 1 is 1.56 bits per heavy atom. The number of nitrogens with one attached hydrogen (secondary N) is 1. The summed E-state index contributed by atoms with van der Waals surface area (Å²) in [5.41, 5.74) is 1.55. The van der Waals surface area contributed by atoms with Crippen LogP contribution in [0.25, 0.3) is 0 Å². The van der Waals surface area contributed by atoms with E-state index in [0.717, 1.165) is 5.56 Å². The molecule has 1 aliphatic rings. The Morgan fingerprint density at radius 3 is 2.78 bits per heavy atom. The van der Waals surface area contributed by atoms with Gasteiger partial charge in [0.15, 0.2) is 0 Å². The van der Waals surface area contributed by atoms with Gasteiger partial charge in [-0.3, -0.25) is 14.9 Å². The summed E-state index contributed by atoms with van der Waals surface area (Å²) in [5.74, 6) is -0.178. The SMILES string of the molecule is CNc1c([N+](=O)[O-])cc2c(c1Br)CCN(C)C2=O. The minimum absolute atomic E-state index is 0.0909. The predicted octanol–water partition coefficient (Wildman–Crippen LogP) is 2.03. The maximum Gasteiger partial charge on any atom is 0.294 e. The van der Waals surface area contributed by atoms with E-state index in [1.807, 2.05) is 0 Å². The van der Waals surface area contributed by atoms with Gasteiger partial charge < -0.3 is 10.2 Å². The van der Waals surface area contributed by atoms with Crippen LogP contribution in [0.4, 0.5) is 11.4 Å². The molecule has 18 heavy (non-hydrogen) atoms. The number of rotatable bonds is 2. The van der Waals surface area contributed by atoms with Crippen LogP contribution in [0.5, 0.6) is 0 Å². The smallest absolute Gasteiger partial charge is 0.294 e. The van der Waals surface area contributed by atoms with Crippen LogP contribution in [0, 0.1) is 10.1 Å². The van der Waals surface area contributed by atoms with Crippen LogP contribution < -0.4 is 5.32 Å². The number of hydrogen-bond acceptors (Lipinski definition) is 4. The fourth-order valence-corrected chi connectivity index (χ4v) is 2.89. The third kappa shape index (κ3) is 1.84. The van der Waals surface area contributed by atoms with Gasteiger partial charge in [-0.05, 0) is 27.9 Å². The van der Waals surface area contributed by atoms with Crippen LogP contribution in [-0.2, 0) is 6.42 Å². The second kappa shape index (κ2) is 4.56.